The lowest BCUT2D eigenvalue weighted by Crippen LogP contribution is -2.62. The molecule has 0 amide bonds. The molecular weight excluding hydrogens is 246 g/mol. The molecule has 0 N–H and O–H groups in total. The van der Waals surface area contributed by atoms with Crippen LogP contribution in [0.15, 0.2) is 30.3 Å². The van der Waals surface area contributed by atoms with E-state index in [1.807, 2.05) is 0 Å². The molecule has 0 spiro atoms. The van der Waals surface area contributed by atoms with Gasteiger partial charge in [0, 0.05) is 6.54 Å². The second-order valence-corrected chi connectivity index (χ2v) is 7.19. The van der Waals surface area contributed by atoms with Crippen molar-refractivity contribution in [2.75, 3.05) is 13.6 Å². The maximum Gasteiger partial charge on any atom is 0.122 e. The Labute approximate surface area is 122 Å². The Morgan fingerprint density at radius 1 is 1.10 bits per heavy atom. The smallest absolute Gasteiger partial charge is 0.122 e. The summed E-state index contributed by atoms with van der Waals surface area (Å²) in [5, 5.41) is 0. The summed E-state index contributed by atoms with van der Waals surface area (Å²) in [5.74, 6) is 1.86. The van der Waals surface area contributed by atoms with E-state index < -0.39 is 0 Å². The average Bonchev–Trinajstić information content (AvgIpc) is 2.44. The third-order valence-corrected chi connectivity index (χ3v) is 5.73. The van der Waals surface area contributed by atoms with E-state index in [4.69, 9.17) is 4.74 Å². The molecule has 2 atom stereocenters. The van der Waals surface area contributed by atoms with Crippen molar-refractivity contribution < 1.29 is 4.74 Å². The van der Waals surface area contributed by atoms with Crippen LogP contribution in [0.3, 0.4) is 0 Å². The number of likely N-dealkylation sites (N-methyl/N-ethyl adjacent to an activating group) is 1. The van der Waals surface area contributed by atoms with Crippen LogP contribution in [0.1, 0.15) is 37.7 Å². The van der Waals surface area contributed by atoms with Gasteiger partial charge in [-0.25, -0.2) is 0 Å². The minimum atomic E-state index is 0.0729. The zero-order chi connectivity index (χ0) is 13.6. The van der Waals surface area contributed by atoms with E-state index >= 15 is 0 Å². The first-order valence-corrected chi connectivity index (χ1v) is 8.16. The predicted molar refractivity (Wildman–Crippen MR) is 80.4 cm³/mol. The van der Waals surface area contributed by atoms with Crippen LogP contribution >= 0.6 is 0 Å². The number of benzene rings is 1. The topological polar surface area (TPSA) is 12.5 Å². The Balaban J connectivity index is 1.44. The SMILES string of the molecule is CN(CCc1ccccc1)C12CC3CC(CC(C3)O1)C2. The molecule has 5 rings (SSSR count). The molecule has 2 heteroatoms. The first-order valence-electron chi connectivity index (χ1n) is 8.16. The Hall–Kier alpha value is -0.860. The second-order valence-electron chi connectivity index (χ2n) is 7.19. The van der Waals surface area contributed by atoms with E-state index in [0.717, 1.165) is 24.8 Å². The molecule has 2 nitrogen and oxygen atoms in total. The highest BCUT2D eigenvalue weighted by atomic mass is 16.5. The fourth-order valence-corrected chi connectivity index (χ4v) is 4.87. The fourth-order valence-electron chi connectivity index (χ4n) is 4.87. The van der Waals surface area contributed by atoms with Crippen LogP contribution in [0, 0.1) is 11.8 Å². The molecule has 0 radical (unpaired) electrons. The predicted octanol–water partition coefficient (Wildman–Crippen LogP) is 3.47. The van der Waals surface area contributed by atoms with Gasteiger partial charge in [-0.15, -0.1) is 0 Å². The molecule has 2 saturated heterocycles. The first-order chi connectivity index (χ1) is 9.73. The summed E-state index contributed by atoms with van der Waals surface area (Å²) >= 11 is 0. The molecule has 0 aromatic heterocycles. The Morgan fingerprint density at radius 2 is 1.80 bits per heavy atom. The standard InChI is InChI=1S/C18H25NO/c1-19(8-7-14-5-3-2-4-6-14)18-12-15-9-16(13-18)11-17(10-15)20-18/h2-6,15-17H,7-13H2,1H3. The van der Waals surface area contributed by atoms with Crippen LogP contribution in [0.2, 0.25) is 0 Å². The van der Waals surface area contributed by atoms with E-state index in [1.165, 1.54) is 37.7 Å². The average molecular weight is 271 g/mol. The highest BCUT2D eigenvalue weighted by Crippen LogP contribution is 2.53. The largest absolute Gasteiger partial charge is 0.357 e. The molecule has 108 valence electrons. The maximum atomic E-state index is 6.49. The molecule has 20 heavy (non-hydrogen) atoms. The van der Waals surface area contributed by atoms with Crippen molar-refractivity contribution >= 4 is 0 Å². The zero-order valence-corrected chi connectivity index (χ0v) is 12.4. The molecule has 1 aromatic rings. The minimum absolute atomic E-state index is 0.0729. The number of rotatable bonds is 4. The van der Waals surface area contributed by atoms with E-state index in [0.29, 0.717) is 6.10 Å². The van der Waals surface area contributed by atoms with Crippen molar-refractivity contribution in [1.82, 2.24) is 4.90 Å². The van der Waals surface area contributed by atoms with E-state index in [-0.39, 0.29) is 5.72 Å². The minimum Gasteiger partial charge on any atom is -0.357 e. The Kier molecular flexibility index (Phi) is 3.12. The first kappa shape index (κ1) is 12.8. The summed E-state index contributed by atoms with van der Waals surface area (Å²) in [7, 11) is 2.27. The van der Waals surface area contributed by atoms with Crippen LogP contribution < -0.4 is 0 Å². The fraction of sp³-hybridized carbons (Fsp3) is 0.667. The maximum absolute atomic E-state index is 6.49. The lowest BCUT2D eigenvalue weighted by molar-refractivity contribution is -0.278. The molecular formula is C18H25NO. The molecule has 2 aliphatic carbocycles. The normalized spacial score (nSPS) is 38.6. The van der Waals surface area contributed by atoms with Gasteiger partial charge >= 0.3 is 0 Å². The summed E-state index contributed by atoms with van der Waals surface area (Å²) in [5.41, 5.74) is 1.51. The molecule has 4 fully saturated rings. The zero-order valence-electron chi connectivity index (χ0n) is 12.4. The Bertz CT molecular complexity index is 434. The number of nitrogens with zero attached hydrogens (tertiary/aromatic N) is 1. The van der Waals surface area contributed by atoms with Crippen LogP contribution in [-0.2, 0) is 11.2 Å². The van der Waals surface area contributed by atoms with E-state index in [2.05, 4.69) is 42.3 Å². The van der Waals surface area contributed by atoms with Gasteiger partial charge in [-0.1, -0.05) is 30.3 Å². The molecule has 4 bridgehead atoms. The van der Waals surface area contributed by atoms with E-state index in [1.54, 1.807) is 0 Å². The van der Waals surface area contributed by atoms with Gasteiger partial charge in [0.2, 0.25) is 0 Å². The van der Waals surface area contributed by atoms with Crippen LogP contribution in [0.4, 0.5) is 0 Å². The van der Waals surface area contributed by atoms with E-state index in [9.17, 15) is 0 Å². The summed E-state index contributed by atoms with van der Waals surface area (Å²) in [6, 6.07) is 10.8. The van der Waals surface area contributed by atoms with Gasteiger partial charge in [-0.2, -0.15) is 0 Å². The van der Waals surface area contributed by atoms with Crippen molar-refractivity contribution in [3.63, 3.8) is 0 Å². The summed E-state index contributed by atoms with van der Waals surface area (Å²) < 4.78 is 6.49. The molecule has 2 unspecified atom stereocenters. The lowest BCUT2D eigenvalue weighted by atomic mass is 9.64. The van der Waals surface area contributed by atoms with Crippen LogP contribution in [-0.4, -0.2) is 30.3 Å². The summed E-state index contributed by atoms with van der Waals surface area (Å²) in [6.07, 6.45) is 8.34. The number of hydrogen-bond acceptors (Lipinski definition) is 2. The van der Waals surface area contributed by atoms with Crippen molar-refractivity contribution in [1.29, 1.82) is 0 Å². The Morgan fingerprint density at radius 3 is 2.45 bits per heavy atom. The van der Waals surface area contributed by atoms with Gasteiger partial charge in [0.15, 0.2) is 0 Å². The summed E-state index contributed by atoms with van der Waals surface area (Å²) in [6.45, 7) is 1.11. The molecule has 2 aliphatic heterocycles. The van der Waals surface area contributed by atoms with Gasteiger partial charge in [0.25, 0.3) is 0 Å². The third kappa shape index (κ3) is 2.19. The molecule has 1 aromatic carbocycles. The van der Waals surface area contributed by atoms with Gasteiger partial charge in [0.05, 0.1) is 6.10 Å². The third-order valence-electron chi connectivity index (χ3n) is 5.73. The molecule has 2 heterocycles. The van der Waals surface area contributed by atoms with Crippen LogP contribution in [0.5, 0.6) is 0 Å². The van der Waals surface area contributed by atoms with Crippen molar-refractivity contribution in [3.05, 3.63) is 35.9 Å². The molecule has 4 aliphatic rings. The summed E-state index contributed by atoms with van der Waals surface area (Å²) in [4.78, 5) is 2.52. The number of ether oxygens (including phenoxy) is 1. The van der Waals surface area contributed by atoms with Gasteiger partial charge in [-0.05, 0) is 63.0 Å². The van der Waals surface area contributed by atoms with Gasteiger partial charge in [0.1, 0.15) is 5.72 Å². The highest BCUT2D eigenvalue weighted by molar-refractivity contribution is 5.15. The van der Waals surface area contributed by atoms with Crippen molar-refractivity contribution in [2.24, 2.45) is 11.8 Å². The monoisotopic (exact) mass is 271 g/mol. The van der Waals surface area contributed by atoms with Crippen LogP contribution in [0.25, 0.3) is 0 Å². The van der Waals surface area contributed by atoms with Crippen molar-refractivity contribution in [2.45, 2.75) is 50.4 Å². The van der Waals surface area contributed by atoms with Gasteiger partial charge in [-0.3, -0.25) is 4.90 Å². The van der Waals surface area contributed by atoms with Gasteiger partial charge < -0.3 is 4.74 Å². The highest BCUT2D eigenvalue weighted by Gasteiger charge is 2.53. The molecule has 2 saturated carbocycles. The second kappa shape index (κ2) is 4.85. The lowest BCUT2D eigenvalue weighted by Gasteiger charge is -2.59. The number of hydrogen-bond donors (Lipinski definition) is 0. The quantitative estimate of drug-likeness (QED) is 0.831. The van der Waals surface area contributed by atoms with Crippen molar-refractivity contribution in [3.8, 4) is 0 Å².